The molecule has 11 heteroatoms. The van der Waals surface area contributed by atoms with Gasteiger partial charge in [-0.05, 0) is 38.1 Å². The number of amides is 1. The number of ether oxygens (including phenoxy) is 1. The largest absolute Gasteiger partial charge is 0.460 e. The average molecular weight is 520 g/mol. The highest BCUT2D eigenvalue weighted by Crippen LogP contribution is 2.32. The summed E-state index contributed by atoms with van der Waals surface area (Å²) in [7, 11) is 1.72. The molecule has 198 valence electrons. The number of halogens is 1. The highest BCUT2D eigenvalue weighted by atomic mass is 19.1. The quantitative estimate of drug-likeness (QED) is 0.369. The van der Waals surface area contributed by atoms with E-state index in [1.54, 1.807) is 31.6 Å². The van der Waals surface area contributed by atoms with E-state index in [1.807, 2.05) is 6.07 Å². The van der Waals surface area contributed by atoms with Gasteiger partial charge in [0.1, 0.15) is 11.6 Å². The summed E-state index contributed by atoms with van der Waals surface area (Å²) < 4.78 is 22.0. The molecule has 0 spiro atoms. The van der Waals surface area contributed by atoms with Crippen molar-refractivity contribution in [3.8, 4) is 6.01 Å². The molecule has 1 aliphatic carbocycles. The fraction of sp³-hybridized carbons (Fsp3) is 0.407. The summed E-state index contributed by atoms with van der Waals surface area (Å²) in [6.45, 7) is 5.88. The maximum Gasteiger partial charge on any atom is 0.317 e. The van der Waals surface area contributed by atoms with E-state index in [1.165, 1.54) is 10.7 Å². The van der Waals surface area contributed by atoms with Gasteiger partial charge in [-0.3, -0.25) is 9.48 Å². The average Bonchev–Trinajstić information content (AvgIpc) is 3.22. The van der Waals surface area contributed by atoms with Crippen LogP contribution in [0.15, 0.2) is 36.7 Å². The lowest BCUT2D eigenvalue weighted by molar-refractivity contribution is -0.0149. The molecule has 0 bridgehead atoms. The number of hydrogen-bond acceptors (Lipinski definition) is 8. The molecule has 3 heterocycles. The van der Waals surface area contributed by atoms with E-state index >= 15 is 0 Å². The van der Waals surface area contributed by atoms with Crippen molar-refractivity contribution in [2.24, 2.45) is 7.05 Å². The molecule has 2 aliphatic rings. The monoisotopic (exact) mass is 519 g/mol. The smallest absolute Gasteiger partial charge is 0.317 e. The standard InChI is InChI=1S/C27H30FN7O3/c1-14-11-35(12-15(2)30-14)23-5-4-20(25-21(23)10-29-27(32-25)38-19-8-18(36)9-19)26(37)31-17-6-16-13-34(3)33-24(16)22(28)7-17/h4-7,10,13-15,18-19,30,36H,8-9,11-12H2,1-3H3,(H,31,37)/t14-,15-,18?,19?/m0/s1. The van der Waals surface area contributed by atoms with Crippen LogP contribution in [-0.2, 0) is 7.05 Å². The van der Waals surface area contributed by atoms with Crippen molar-refractivity contribution in [3.05, 3.63) is 48.0 Å². The number of fused-ring (bicyclic) bond motifs is 2. The van der Waals surface area contributed by atoms with Crippen molar-refractivity contribution in [2.75, 3.05) is 23.3 Å². The van der Waals surface area contributed by atoms with Gasteiger partial charge in [-0.2, -0.15) is 10.1 Å². The first-order valence-corrected chi connectivity index (χ1v) is 12.8. The van der Waals surface area contributed by atoms with E-state index in [2.05, 4.69) is 44.4 Å². The van der Waals surface area contributed by atoms with Crippen molar-refractivity contribution >= 4 is 39.1 Å². The Morgan fingerprint density at radius 1 is 1.18 bits per heavy atom. The second kappa shape index (κ2) is 9.48. The van der Waals surface area contributed by atoms with E-state index < -0.39 is 11.7 Å². The number of aromatic nitrogens is 4. The summed E-state index contributed by atoms with van der Waals surface area (Å²) in [5.41, 5.74) is 2.28. The molecule has 10 nitrogen and oxygen atoms in total. The second-order valence-corrected chi connectivity index (χ2v) is 10.4. The summed E-state index contributed by atoms with van der Waals surface area (Å²) in [5, 5.41) is 21.4. The number of hydrogen-bond donors (Lipinski definition) is 3. The molecule has 0 unspecified atom stereocenters. The number of aliphatic hydroxyl groups excluding tert-OH is 1. The number of rotatable bonds is 5. The summed E-state index contributed by atoms with van der Waals surface area (Å²) in [6.07, 6.45) is 3.90. The van der Waals surface area contributed by atoms with Crippen LogP contribution < -0.4 is 20.3 Å². The Morgan fingerprint density at radius 2 is 1.95 bits per heavy atom. The third kappa shape index (κ3) is 4.63. The minimum Gasteiger partial charge on any atom is -0.460 e. The number of anilines is 2. The predicted octanol–water partition coefficient (Wildman–Crippen LogP) is 3.00. The Balaban J connectivity index is 1.38. The molecule has 2 aromatic heterocycles. The zero-order chi connectivity index (χ0) is 26.6. The van der Waals surface area contributed by atoms with E-state index in [0.717, 1.165) is 24.2 Å². The van der Waals surface area contributed by atoms with Gasteiger partial charge in [-0.25, -0.2) is 9.37 Å². The Hall–Kier alpha value is -3.83. The molecule has 6 rings (SSSR count). The van der Waals surface area contributed by atoms with Crippen molar-refractivity contribution in [3.63, 3.8) is 0 Å². The number of piperazine rings is 1. The molecule has 38 heavy (non-hydrogen) atoms. The number of carbonyl (C=O) groups excluding carboxylic acids is 1. The predicted molar refractivity (Wildman–Crippen MR) is 142 cm³/mol. The number of nitrogens with zero attached hydrogens (tertiary/aromatic N) is 5. The zero-order valence-corrected chi connectivity index (χ0v) is 21.5. The maximum absolute atomic E-state index is 14.6. The van der Waals surface area contributed by atoms with Crippen LogP contribution in [0.3, 0.4) is 0 Å². The van der Waals surface area contributed by atoms with Gasteiger partial charge in [0.2, 0.25) is 0 Å². The third-order valence-electron chi connectivity index (χ3n) is 7.12. The van der Waals surface area contributed by atoms with E-state index in [-0.39, 0.29) is 23.7 Å². The number of nitrogens with one attached hydrogen (secondary N) is 2. The summed E-state index contributed by atoms with van der Waals surface area (Å²) >= 11 is 0. The summed E-state index contributed by atoms with van der Waals surface area (Å²) in [4.78, 5) is 24.9. The topological polar surface area (TPSA) is 117 Å². The number of aliphatic hydroxyl groups is 1. The van der Waals surface area contributed by atoms with Gasteiger partial charge in [0.05, 0.1) is 17.2 Å². The van der Waals surface area contributed by atoms with Crippen LogP contribution in [0.25, 0.3) is 21.8 Å². The Kier molecular flexibility index (Phi) is 6.11. The first-order chi connectivity index (χ1) is 18.2. The third-order valence-corrected chi connectivity index (χ3v) is 7.12. The highest BCUT2D eigenvalue weighted by molar-refractivity contribution is 6.14. The van der Waals surface area contributed by atoms with E-state index in [9.17, 15) is 14.3 Å². The van der Waals surface area contributed by atoms with Crippen LogP contribution in [0, 0.1) is 5.82 Å². The van der Waals surface area contributed by atoms with Gasteiger partial charge < -0.3 is 25.4 Å². The normalized spacial score (nSPS) is 23.4. The number of aryl methyl sites for hydroxylation is 1. The van der Waals surface area contributed by atoms with Crippen LogP contribution in [0.5, 0.6) is 6.01 Å². The van der Waals surface area contributed by atoms with E-state index in [0.29, 0.717) is 47.1 Å². The SMILES string of the molecule is C[C@H]1CN(c2ccc(C(=O)Nc3cc(F)c4nn(C)cc4c3)c3nc(OC4CC(O)C4)ncc23)C[C@H](C)N1. The Bertz CT molecular complexity index is 1520. The number of benzene rings is 2. The molecule has 1 aliphatic heterocycles. The molecule has 4 aromatic rings. The van der Waals surface area contributed by atoms with Crippen LogP contribution in [0.4, 0.5) is 15.8 Å². The first kappa shape index (κ1) is 24.5. The van der Waals surface area contributed by atoms with Crippen LogP contribution in [-0.4, -0.2) is 68.1 Å². The van der Waals surface area contributed by atoms with Crippen LogP contribution in [0.1, 0.15) is 37.0 Å². The Morgan fingerprint density at radius 3 is 2.68 bits per heavy atom. The Labute approximate surface area is 218 Å². The van der Waals surface area contributed by atoms with Crippen molar-refractivity contribution in [1.82, 2.24) is 25.1 Å². The number of carbonyl (C=O) groups is 1. The van der Waals surface area contributed by atoms with Crippen molar-refractivity contribution in [2.45, 2.75) is 51.0 Å². The summed E-state index contributed by atoms with van der Waals surface area (Å²) in [5.74, 6) is -0.934. The van der Waals surface area contributed by atoms with Gasteiger partial charge in [0, 0.05) is 79.6 Å². The molecule has 1 amide bonds. The van der Waals surface area contributed by atoms with Gasteiger partial charge in [-0.15, -0.1) is 0 Å². The van der Waals surface area contributed by atoms with E-state index in [4.69, 9.17) is 4.74 Å². The molecule has 0 radical (unpaired) electrons. The van der Waals surface area contributed by atoms with Crippen LogP contribution >= 0.6 is 0 Å². The summed E-state index contributed by atoms with van der Waals surface area (Å²) in [6, 6.07) is 7.36. The lowest BCUT2D eigenvalue weighted by Crippen LogP contribution is -2.54. The second-order valence-electron chi connectivity index (χ2n) is 10.4. The fourth-order valence-corrected chi connectivity index (χ4v) is 5.39. The lowest BCUT2D eigenvalue weighted by atomic mass is 9.92. The molecule has 2 atom stereocenters. The zero-order valence-electron chi connectivity index (χ0n) is 21.5. The lowest BCUT2D eigenvalue weighted by Gasteiger charge is -2.38. The van der Waals surface area contributed by atoms with Gasteiger partial charge in [-0.1, -0.05) is 0 Å². The molecular formula is C27H30FN7O3. The van der Waals surface area contributed by atoms with Gasteiger partial charge in [0.15, 0.2) is 5.82 Å². The van der Waals surface area contributed by atoms with Crippen molar-refractivity contribution < 1.29 is 19.0 Å². The van der Waals surface area contributed by atoms with Gasteiger partial charge >= 0.3 is 6.01 Å². The first-order valence-electron chi connectivity index (χ1n) is 12.8. The molecule has 2 fully saturated rings. The molecular weight excluding hydrogens is 489 g/mol. The van der Waals surface area contributed by atoms with Crippen molar-refractivity contribution in [1.29, 1.82) is 0 Å². The highest BCUT2D eigenvalue weighted by Gasteiger charge is 2.30. The molecule has 1 saturated heterocycles. The minimum absolute atomic E-state index is 0.158. The van der Waals surface area contributed by atoms with Crippen LogP contribution in [0.2, 0.25) is 0 Å². The molecule has 3 N–H and O–H groups in total. The minimum atomic E-state index is -0.513. The molecule has 2 aromatic carbocycles. The van der Waals surface area contributed by atoms with Gasteiger partial charge in [0.25, 0.3) is 5.91 Å². The maximum atomic E-state index is 14.6. The fourth-order valence-electron chi connectivity index (χ4n) is 5.39. The molecule has 1 saturated carbocycles.